The number of anilines is 1. The number of aromatic nitrogens is 1. The van der Waals surface area contributed by atoms with Gasteiger partial charge in [0.25, 0.3) is 0 Å². The fraction of sp³-hybridized carbons (Fsp3) is 0.700. The Morgan fingerprint density at radius 2 is 1.73 bits per heavy atom. The van der Waals surface area contributed by atoms with Crippen LogP contribution in [0.3, 0.4) is 0 Å². The zero-order valence-corrected chi connectivity index (χ0v) is 16.3. The third-order valence-electron chi connectivity index (χ3n) is 5.73. The molecule has 140 valence electrons. The van der Waals surface area contributed by atoms with E-state index in [1.54, 1.807) is 11.8 Å². The number of pyridine rings is 1. The maximum absolute atomic E-state index is 9.84. The summed E-state index contributed by atoms with van der Waals surface area (Å²) < 4.78 is 5.53. The summed E-state index contributed by atoms with van der Waals surface area (Å²) in [4.78, 5) is 9.94. The molecule has 0 unspecified atom stereocenters. The summed E-state index contributed by atoms with van der Waals surface area (Å²) >= 11 is 1.78. The van der Waals surface area contributed by atoms with Crippen molar-refractivity contribution < 1.29 is 4.74 Å². The number of ether oxygens (including phenoxy) is 1. The highest BCUT2D eigenvalue weighted by Gasteiger charge is 2.26. The van der Waals surface area contributed by atoms with Crippen molar-refractivity contribution in [2.75, 3.05) is 56.6 Å². The molecule has 4 rings (SSSR count). The molecule has 0 bridgehead atoms. The molecular formula is C20H28N4OS. The summed E-state index contributed by atoms with van der Waals surface area (Å²) in [5.41, 5.74) is 3.46. The fourth-order valence-corrected chi connectivity index (χ4v) is 5.32. The van der Waals surface area contributed by atoms with Crippen LogP contribution < -0.4 is 4.90 Å². The molecule has 0 aromatic carbocycles. The maximum atomic E-state index is 9.84. The zero-order valence-electron chi connectivity index (χ0n) is 15.5. The van der Waals surface area contributed by atoms with Crippen LogP contribution in [-0.4, -0.2) is 61.6 Å². The van der Waals surface area contributed by atoms with Crippen molar-refractivity contribution in [3.8, 4) is 6.07 Å². The Morgan fingerprint density at radius 1 is 1.00 bits per heavy atom. The number of nitriles is 1. The van der Waals surface area contributed by atoms with Crippen LogP contribution in [0.2, 0.25) is 0 Å². The van der Waals surface area contributed by atoms with Crippen LogP contribution >= 0.6 is 11.8 Å². The second-order valence-corrected chi connectivity index (χ2v) is 8.47. The zero-order chi connectivity index (χ0) is 17.8. The summed E-state index contributed by atoms with van der Waals surface area (Å²) in [5.74, 6) is 2.15. The molecule has 0 N–H and O–H groups in total. The number of thioether (sulfide) groups is 1. The van der Waals surface area contributed by atoms with E-state index in [1.165, 1.54) is 49.9 Å². The van der Waals surface area contributed by atoms with E-state index in [2.05, 4.69) is 15.9 Å². The molecule has 2 aliphatic heterocycles. The normalized spacial score (nSPS) is 20.8. The van der Waals surface area contributed by atoms with Crippen molar-refractivity contribution in [2.45, 2.75) is 43.6 Å². The Kier molecular flexibility index (Phi) is 5.98. The summed E-state index contributed by atoms with van der Waals surface area (Å²) in [6.07, 6.45) is 7.13. The van der Waals surface area contributed by atoms with Crippen molar-refractivity contribution in [3.05, 3.63) is 16.7 Å². The topological polar surface area (TPSA) is 52.4 Å². The van der Waals surface area contributed by atoms with Crippen molar-refractivity contribution in [3.63, 3.8) is 0 Å². The molecular weight excluding hydrogens is 344 g/mol. The van der Waals surface area contributed by atoms with Gasteiger partial charge < -0.3 is 14.5 Å². The van der Waals surface area contributed by atoms with Crippen LogP contribution in [0, 0.1) is 11.3 Å². The van der Waals surface area contributed by atoms with Gasteiger partial charge in [0.15, 0.2) is 0 Å². The molecule has 3 heterocycles. The number of nitrogens with zero attached hydrogens (tertiary/aromatic N) is 4. The minimum absolute atomic E-state index is 0.772. The van der Waals surface area contributed by atoms with E-state index in [9.17, 15) is 5.26 Å². The summed E-state index contributed by atoms with van der Waals surface area (Å²) in [5, 5.41) is 10.8. The highest BCUT2D eigenvalue weighted by atomic mass is 32.2. The molecule has 2 fully saturated rings. The van der Waals surface area contributed by atoms with Crippen molar-refractivity contribution in [1.29, 1.82) is 5.26 Å². The first-order valence-corrected chi connectivity index (χ1v) is 11.0. The number of morpholine rings is 1. The van der Waals surface area contributed by atoms with Gasteiger partial charge in [0, 0.05) is 25.4 Å². The smallest absolute Gasteiger partial charge is 0.133 e. The predicted octanol–water partition coefficient (Wildman–Crippen LogP) is 2.86. The lowest BCUT2D eigenvalue weighted by atomic mass is 9.89. The molecule has 1 aromatic heterocycles. The van der Waals surface area contributed by atoms with E-state index in [0.717, 1.165) is 67.8 Å². The molecule has 26 heavy (non-hydrogen) atoms. The third kappa shape index (κ3) is 3.85. The monoisotopic (exact) mass is 372 g/mol. The van der Waals surface area contributed by atoms with Gasteiger partial charge in [-0.1, -0.05) is 0 Å². The number of fused-ring (bicyclic) bond motifs is 1. The van der Waals surface area contributed by atoms with Crippen LogP contribution in [0.4, 0.5) is 5.82 Å². The molecule has 0 spiro atoms. The average molecular weight is 373 g/mol. The van der Waals surface area contributed by atoms with Crippen molar-refractivity contribution in [2.24, 2.45) is 0 Å². The van der Waals surface area contributed by atoms with E-state index in [0.29, 0.717) is 0 Å². The van der Waals surface area contributed by atoms with Gasteiger partial charge in [-0.25, -0.2) is 4.98 Å². The molecule has 3 aliphatic rings. The predicted molar refractivity (Wildman–Crippen MR) is 105 cm³/mol. The van der Waals surface area contributed by atoms with E-state index in [1.807, 2.05) is 0 Å². The van der Waals surface area contributed by atoms with Crippen LogP contribution in [0.15, 0.2) is 5.03 Å². The maximum Gasteiger partial charge on any atom is 0.133 e. The molecule has 1 aromatic rings. The molecule has 0 atom stereocenters. The third-order valence-corrected chi connectivity index (χ3v) is 6.68. The van der Waals surface area contributed by atoms with Gasteiger partial charge in [-0.05, 0) is 62.7 Å². The second-order valence-electron chi connectivity index (χ2n) is 7.39. The molecule has 1 aliphatic carbocycles. The Balaban J connectivity index is 1.59. The van der Waals surface area contributed by atoms with Crippen molar-refractivity contribution in [1.82, 2.24) is 9.88 Å². The highest BCUT2D eigenvalue weighted by Crippen LogP contribution is 2.36. The van der Waals surface area contributed by atoms with E-state index in [4.69, 9.17) is 9.72 Å². The first-order valence-electron chi connectivity index (χ1n) is 10.0. The number of hydrogen-bond acceptors (Lipinski definition) is 6. The van der Waals surface area contributed by atoms with Gasteiger partial charge in [-0.15, -0.1) is 11.8 Å². The molecule has 0 radical (unpaired) electrons. The lowest BCUT2D eigenvalue weighted by molar-refractivity contribution is 0.122. The number of rotatable bonds is 5. The number of likely N-dealkylation sites (tertiary alicyclic amines) is 1. The fourth-order valence-electron chi connectivity index (χ4n) is 4.31. The Hall–Kier alpha value is -1.29. The Morgan fingerprint density at radius 3 is 2.46 bits per heavy atom. The lowest BCUT2D eigenvalue weighted by Gasteiger charge is -2.32. The lowest BCUT2D eigenvalue weighted by Crippen LogP contribution is -2.38. The highest BCUT2D eigenvalue weighted by molar-refractivity contribution is 7.99. The van der Waals surface area contributed by atoms with Gasteiger partial charge in [-0.3, -0.25) is 0 Å². The first kappa shape index (κ1) is 18.1. The van der Waals surface area contributed by atoms with E-state index in [-0.39, 0.29) is 0 Å². The summed E-state index contributed by atoms with van der Waals surface area (Å²) in [7, 11) is 0. The standard InChI is InChI=1S/C20H28N4OS/c21-15-18-16-5-1-2-6-17(16)19(24-9-12-25-13-10-24)22-20(18)26-14-11-23-7-3-4-8-23/h1-14H2. The molecule has 0 amide bonds. The van der Waals surface area contributed by atoms with Gasteiger partial charge in [0.05, 0.1) is 18.8 Å². The largest absolute Gasteiger partial charge is 0.378 e. The second kappa shape index (κ2) is 8.60. The van der Waals surface area contributed by atoms with Crippen molar-refractivity contribution >= 4 is 17.6 Å². The quantitative estimate of drug-likeness (QED) is 0.741. The Labute approximate surface area is 160 Å². The van der Waals surface area contributed by atoms with Gasteiger partial charge >= 0.3 is 0 Å². The molecule has 5 nitrogen and oxygen atoms in total. The van der Waals surface area contributed by atoms with Crippen LogP contribution in [0.25, 0.3) is 0 Å². The number of hydrogen-bond donors (Lipinski definition) is 0. The van der Waals surface area contributed by atoms with Crippen LogP contribution in [0.5, 0.6) is 0 Å². The van der Waals surface area contributed by atoms with E-state index >= 15 is 0 Å². The van der Waals surface area contributed by atoms with Crippen LogP contribution in [0.1, 0.15) is 42.4 Å². The van der Waals surface area contributed by atoms with E-state index < -0.39 is 0 Å². The molecule has 6 heteroatoms. The van der Waals surface area contributed by atoms with Gasteiger partial charge in [0.1, 0.15) is 16.9 Å². The van der Waals surface area contributed by atoms with Gasteiger partial charge in [-0.2, -0.15) is 5.26 Å². The average Bonchev–Trinajstić information content (AvgIpc) is 3.21. The molecule has 0 saturated carbocycles. The van der Waals surface area contributed by atoms with Gasteiger partial charge in [0.2, 0.25) is 0 Å². The first-order chi connectivity index (χ1) is 12.9. The molecule has 2 saturated heterocycles. The minimum atomic E-state index is 0.772. The minimum Gasteiger partial charge on any atom is -0.378 e. The summed E-state index contributed by atoms with van der Waals surface area (Å²) in [6, 6.07) is 2.49. The summed E-state index contributed by atoms with van der Waals surface area (Å²) in [6.45, 7) is 6.90. The Bertz CT molecular complexity index is 675. The van der Waals surface area contributed by atoms with Crippen LogP contribution in [-0.2, 0) is 17.6 Å². The SMILES string of the molecule is N#Cc1c(SCCN2CCCC2)nc(N2CCOCC2)c2c1CCCC2.